The Hall–Kier alpha value is -2.82. The lowest BCUT2D eigenvalue weighted by molar-refractivity contribution is -0.125. The third-order valence-electron chi connectivity index (χ3n) is 3.81. The Morgan fingerprint density at radius 3 is 2.43 bits per heavy atom. The molecule has 0 radical (unpaired) electrons. The van der Waals surface area contributed by atoms with Crippen LogP contribution in [0, 0.1) is 0 Å². The largest absolute Gasteiger partial charge is 0.445 e. The summed E-state index contributed by atoms with van der Waals surface area (Å²) >= 11 is 0. The highest BCUT2D eigenvalue weighted by atomic mass is 16.6. The van der Waals surface area contributed by atoms with Crippen molar-refractivity contribution < 1.29 is 14.3 Å². The second kappa shape index (κ2) is 6.96. The molecule has 118 valence electrons. The number of ether oxygens (including phenoxy) is 1. The third kappa shape index (κ3) is 3.69. The van der Waals surface area contributed by atoms with Crippen molar-refractivity contribution in [2.75, 3.05) is 13.1 Å². The van der Waals surface area contributed by atoms with E-state index in [4.69, 9.17) is 4.74 Å². The van der Waals surface area contributed by atoms with Crippen LogP contribution in [0.15, 0.2) is 60.7 Å². The SMILES string of the molecule is O=C1CN(C(=O)OCc2ccccc2)[C@@H](c2ccccc2)CN1. The van der Waals surface area contributed by atoms with Gasteiger partial charge in [-0.05, 0) is 11.1 Å². The summed E-state index contributed by atoms with van der Waals surface area (Å²) in [5.74, 6) is -0.172. The summed E-state index contributed by atoms with van der Waals surface area (Å²) in [6.45, 7) is 0.593. The molecule has 5 heteroatoms. The summed E-state index contributed by atoms with van der Waals surface area (Å²) in [6.07, 6.45) is -0.474. The fourth-order valence-electron chi connectivity index (χ4n) is 2.61. The lowest BCUT2D eigenvalue weighted by Gasteiger charge is -2.34. The molecule has 0 aliphatic carbocycles. The number of benzene rings is 2. The second-order valence-electron chi connectivity index (χ2n) is 5.40. The number of carbonyl (C=O) groups is 2. The van der Waals surface area contributed by atoms with Gasteiger partial charge in [0.1, 0.15) is 13.2 Å². The molecule has 2 amide bonds. The van der Waals surface area contributed by atoms with Crippen molar-refractivity contribution >= 4 is 12.0 Å². The van der Waals surface area contributed by atoms with Crippen molar-refractivity contribution in [3.63, 3.8) is 0 Å². The van der Waals surface area contributed by atoms with Crippen LogP contribution in [0.4, 0.5) is 4.79 Å². The molecular weight excluding hydrogens is 292 g/mol. The molecule has 0 saturated carbocycles. The van der Waals surface area contributed by atoms with Crippen LogP contribution in [0.3, 0.4) is 0 Å². The van der Waals surface area contributed by atoms with E-state index >= 15 is 0 Å². The van der Waals surface area contributed by atoms with Crippen molar-refractivity contribution in [1.82, 2.24) is 10.2 Å². The smallest absolute Gasteiger partial charge is 0.411 e. The minimum atomic E-state index is -0.474. The molecule has 1 N–H and O–H groups in total. The molecule has 23 heavy (non-hydrogen) atoms. The maximum Gasteiger partial charge on any atom is 0.411 e. The van der Waals surface area contributed by atoms with Gasteiger partial charge in [-0.1, -0.05) is 60.7 Å². The Bertz CT molecular complexity index is 673. The third-order valence-corrected chi connectivity index (χ3v) is 3.81. The summed E-state index contributed by atoms with van der Waals surface area (Å²) in [7, 11) is 0. The van der Waals surface area contributed by atoms with Gasteiger partial charge in [0.15, 0.2) is 0 Å². The van der Waals surface area contributed by atoms with E-state index in [1.54, 1.807) is 0 Å². The van der Waals surface area contributed by atoms with Gasteiger partial charge in [0, 0.05) is 6.54 Å². The monoisotopic (exact) mass is 310 g/mol. The average Bonchev–Trinajstić information content (AvgIpc) is 2.61. The molecule has 2 aromatic carbocycles. The number of nitrogens with zero attached hydrogens (tertiary/aromatic N) is 1. The minimum Gasteiger partial charge on any atom is -0.445 e. The van der Waals surface area contributed by atoms with Crippen molar-refractivity contribution in [3.8, 4) is 0 Å². The predicted molar refractivity (Wildman–Crippen MR) is 85.5 cm³/mol. The van der Waals surface area contributed by atoms with Crippen LogP contribution >= 0.6 is 0 Å². The number of amides is 2. The van der Waals surface area contributed by atoms with E-state index in [1.807, 2.05) is 60.7 Å². The number of piperazine rings is 1. The highest BCUT2D eigenvalue weighted by molar-refractivity contribution is 5.84. The average molecular weight is 310 g/mol. The Balaban J connectivity index is 1.71. The molecule has 0 bridgehead atoms. The van der Waals surface area contributed by atoms with Crippen molar-refractivity contribution in [2.45, 2.75) is 12.6 Å². The zero-order valence-electron chi connectivity index (χ0n) is 12.6. The maximum absolute atomic E-state index is 12.4. The van der Waals surface area contributed by atoms with Gasteiger partial charge in [-0.2, -0.15) is 0 Å². The molecule has 3 rings (SSSR count). The van der Waals surface area contributed by atoms with Crippen LogP contribution in [0.25, 0.3) is 0 Å². The summed E-state index contributed by atoms with van der Waals surface area (Å²) in [6, 6.07) is 18.9. The first-order valence-corrected chi connectivity index (χ1v) is 7.53. The molecule has 1 fully saturated rings. The van der Waals surface area contributed by atoms with Crippen molar-refractivity contribution in [2.24, 2.45) is 0 Å². The van der Waals surface area contributed by atoms with Crippen LogP contribution in [-0.2, 0) is 16.1 Å². The summed E-state index contributed by atoms with van der Waals surface area (Å²) < 4.78 is 5.37. The van der Waals surface area contributed by atoms with Crippen molar-refractivity contribution in [1.29, 1.82) is 0 Å². The minimum absolute atomic E-state index is 0.00713. The second-order valence-corrected chi connectivity index (χ2v) is 5.40. The fourth-order valence-corrected chi connectivity index (χ4v) is 2.61. The van der Waals surface area contributed by atoms with Crippen LogP contribution in [0.5, 0.6) is 0 Å². The molecule has 1 atom stereocenters. The van der Waals surface area contributed by atoms with E-state index in [-0.39, 0.29) is 25.1 Å². The highest BCUT2D eigenvalue weighted by Crippen LogP contribution is 2.23. The van der Waals surface area contributed by atoms with Gasteiger partial charge in [0.05, 0.1) is 6.04 Å². The number of nitrogens with one attached hydrogen (secondary N) is 1. The summed E-state index contributed by atoms with van der Waals surface area (Å²) in [5, 5.41) is 2.80. The quantitative estimate of drug-likeness (QED) is 0.947. The van der Waals surface area contributed by atoms with Gasteiger partial charge < -0.3 is 10.1 Å². The van der Waals surface area contributed by atoms with Gasteiger partial charge in [-0.3, -0.25) is 9.69 Å². The highest BCUT2D eigenvalue weighted by Gasteiger charge is 2.32. The number of hydrogen-bond donors (Lipinski definition) is 1. The van der Waals surface area contributed by atoms with Gasteiger partial charge in [0.25, 0.3) is 0 Å². The zero-order chi connectivity index (χ0) is 16.1. The number of hydrogen-bond acceptors (Lipinski definition) is 3. The lowest BCUT2D eigenvalue weighted by Crippen LogP contribution is -2.52. The van der Waals surface area contributed by atoms with E-state index in [0.29, 0.717) is 6.54 Å². The van der Waals surface area contributed by atoms with Gasteiger partial charge >= 0.3 is 6.09 Å². The number of carbonyl (C=O) groups excluding carboxylic acids is 2. The van der Waals surface area contributed by atoms with E-state index in [2.05, 4.69) is 5.32 Å². The maximum atomic E-state index is 12.4. The molecule has 0 unspecified atom stereocenters. The Morgan fingerprint density at radius 2 is 1.74 bits per heavy atom. The first kappa shape index (κ1) is 15.1. The summed E-state index contributed by atoms with van der Waals surface area (Å²) in [4.78, 5) is 25.6. The molecule has 5 nitrogen and oxygen atoms in total. The van der Waals surface area contributed by atoms with Gasteiger partial charge in [0.2, 0.25) is 5.91 Å². The van der Waals surface area contributed by atoms with Crippen LogP contribution in [-0.4, -0.2) is 30.0 Å². The fraction of sp³-hybridized carbons (Fsp3) is 0.222. The molecule has 1 aliphatic rings. The number of rotatable bonds is 3. The molecule has 2 aromatic rings. The normalized spacial score (nSPS) is 17.5. The molecule has 1 heterocycles. The first-order valence-electron chi connectivity index (χ1n) is 7.53. The molecule has 1 aliphatic heterocycles. The van der Waals surface area contributed by atoms with Gasteiger partial charge in [-0.15, -0.1) is 0 Å². The Labute approximate surface area is 134 Å². The molecule has 0 aromatic heterocycles. The summed E-state index contributed by atoms with van der Waals surface area (Å²) in [5.41, 5.74) is 1.89. The molecular formula is C18H18N2O3. The zero-order valence-corrected chi connectivity index (χ0v) is 12.6. The topological polar surface area (TPSA) is 58.6 Å². The Morgan fingerprint density at radius 1 is 1.09 bits per heavy atom. The van der Waals surface area contributed by atoms with Crippen LogP contribution < -0.4 is 5.32 Å². The predicted octanol–water partition coefficient (Wildman–Crippen LogP) is 2.50. The Kier molecular flexibility index (Phi) is 4.57. The van der Waals surface area contributed by atoms with E-state index < -0.39 is 6.09 Å². The van der Waals surface area contributed by atoms with Crippen LogP contribution in [0.1, 0.15) is 17.2 Å². The van der Waals surface area contributed by atoms with E-state index in [1.165, 1.54) is 4.90 Å². The first-order chi connectivity index (χ1) is 11.2. The van der Waals surface area contributed by atoms with Gasteiger partial charge in [-0.25, -0.2) is 4.79 Å². The van der Waals surface area contributed by atoms with Crippen LogP contribution in [0.2, 0.25) is 0 Å². The lowest BCUT2D eigenvalue weighted by atomic mass is 10.0. The molecule has 0 spiro atoms. The molecule has 1 saturated heterocycles. The standard InChI is InChI=1S/C18H18N2O3/c21-17-12-20(16(11-19-17)15-9-5-2-6-10-15)18(22)23-13-14-7-3-1-4-8-14/h1-10,16H,11-13H2,(H,19,21)/t16-/m1/s1. The van der Waals surface area contributed by atoms with E-state index in [0.717, 1.165) is 11.1 Å². The van der Waals surface area contributed by atoms with Crippen molar-refractivity contribution in [3.05, 3.63) is 71.8 Å². The van der Waals surface area contributed by atoms with E-state index in [9.17, 15) is 9.59 Å².